The van der Waals surface area contributed by atoms with Gasteiger partial charge in [-0.3, -0.25) is 9.48 Å². The van der Waals surface area contributed by atoms with Crippen molar-refractivity contribution in [3.8, 4) is 34.1 Å². The predicted octanol–water partition coefficient (Wildman–Crippen LogP) is 3.10. The fourth-order valence-electron chi connectivity index (χ4n) is 3.55. The van der Waals surface area contributed by atoms with Crippen molar-refractivity contribution < 1.29 is 23.7 Å². The Morgan fingerprint density at radius 2 is 1.68 bits per heavy atom. The van der Waals surface area contributed by atoms with E-state index in [4.69, 9.17) is 18.9 Å². The minimum absolute atomic E-state index is 0.137. The van der Waals surface area contributed by atoms with E-state index in [1.807, 2.05) is 56.4 Å². The van der Waals surface area contributed by atoms with Gasteiger partial charge < -0.3 is 24.3 Å². The number of nitrogens with one attached hydrogen (secondary N) is 1. The molecule has 2 aromatic carbocycles. The predicted molar refractivity (Wildman–Crippen MR) is 112 cm³/mol. The summed E-state index contributed by atoms with van der Waals surface area (Å²) in [6, 6.07) is 11.4. The minimum Gasteiger partial charge on any atom is -0.486 e. The van der Waals surface area contributed by atoms with E-state index in [9.17, 15) is 4.79 Å². The van der Waals surface area contributed by atoms with Gasteiger partial charge in [0.15, 0.2) is 23.0 Å². The van der Waals surface area contributed by atoms with Gasteiger partial charge in [-0.1, -0.05) is 12.1 Å². The number of nitrogens with zero attached hydrogens (tertiary/aromatic N) is 2. The number of aromatic nitrogens is 2. The van der Waals surface area contributed by atoms with Crippen LogP contribution in [0.4, 0.5) is 0 Å². The third-order valence-electron chi connectivity index (χ3n) is 5.48. The highest BCUT2D eigenvalue weighted by Gasteiger charge is 2.31. The van der Waals surface area contributed by atoms with Crippen molar-refractivity contribution >= 4 is 5.91 Å². The fraction of sp³-hybridized carbons (Fsp3) is 0.304. The molecule has 0 saturated carbocycles. The summed E-state index contributed by atoms with van der Waals surface area (Å²) in [5.41, 5.74) is 1.91. The Morgan fingerprint density at radius 3 is 2.55 bits per heavy atom. The van der Waals surface area contributed by atoms with E-state index in [0.717, 1.165) is 33.9 Å². The zero-order valence-electron chi connectivity index (χ0n) is 17.4. The van der Waals surface area contributed by atoms with Gasteiger partial charge in [-0.15, -0.1) is 0 Å². The molecule has 0 aliphatic carbocycles. The molecule has 1 amide bonds. The summed E-state index contributed by atoms with van der Waals surface area (Å²) in [6.45, 7) is 5.37. The molecule has 1 aromatic heterocycles. The van der Waals surface area contributed by atoms with Gasteiger partial charge in [0.25, 0.3) is 0 Å². The van der Waals surface area contributed by atoms with Gasteiger partial charge in [0.1, 0.15) is 18.8 Å². The number of hydrogen-bond donors (Lipinski definition) is 1. The van der Waals surface area contributed by atoms with Crippen LogP contribution >= 0.6 is 0 Å². The molecule has 0 saturated heterocycles. The molecule has 0 bridgehead atoms. The lowest BCUT2D eigenvalue weighted by molar-refractivity contribution is -0.129. The van der Waals surface area contributed by atoms with Crippen molar-refractivity contribution in [1.82, 2.24) is 15.1 Å². The number of ether oxygens (including phenoxy) is 4. The zero-order valence-corrected chi connectivity index (χ0v) is 17.4. The third-order valence-corrected chi connectivity index (χ3v) is 5.48. The van der Waals surface area contributed by atoms with Crippen LogP contribution in [0.25, 0.3) is 11.1 Å². The zero-order chi connectivity index (χ0) is 21.4. The highest BCUT2D eigenvalue weighted by Crippen LogP contribution is 2.35. The second-order valence-corrected chi connectivity index (χ2v) is 7.96. The largest absolute Gasteiger partial charge is 0.486 e. The standard InChI is InChI=1S/C23H23N3O5/c1-23(2,22(27)24-11-15-3-5-19-20(9-15)31-14-30-19)26-13-17(12-25-26)16-4-6-18-21(10-16)29-8-7-28-18/h3-6,9-10,12-13H,7-8,11,14H2,1-2H3,(H,24,27). The van der Waals surface area contributed by atoms with Crippen molar-refractivity contribution in [1.29, 1.82) is 0 Å². The van der Waals surface area contributed by atoms with Crippen LogP contribution in [0.15, 0.2) is 48.8 Å². The summed E-state index contributed by atoms with van der Waals surface area (Å²) in [5.74, 6) is 2.74. The topological polar surface area (TPSA) is 83.8 Å². The molecule has 31 heavy (non-hydrogen) atoms. The molecule has 1 N–H and O–H groups in total. The maximum atomic E-state index is 12.9. The van der Waals surface area contributed by atoms with Crippen molar-refractivity contribution in [3.05, 3.63) is 54.4 Å². The number of benzene rings is 2. The van der Waals surface area contributed by atoms with Crippen molar-refractivity contribution in [2.45, 2.75) is 25.9 Å². The number of carbonyl (C=O) groups excluding carboxylic acids is 1. The van der Waals surface area contributed by atoms with Crippen LogP contribution in [0.1, 0.15) is 19.4 Å². The number of fused-ring (bicyclic) bond motifs is 2. The van der Waals surface area contributed by atoms with E-state index in [1.54, 1.807) is 10.9 Å². The lowest BCUT2D eigenvalue weighted by atomic mass is 10.0. The SMILES string of the molecule is CC(C)(C(=O)NCc1ccc2c(c1)OCO2)n1cc(-c2ccc3c(c2)OCCO3)cn1. The Morgan fingerprint density at radius 1 is 0.968 bits per heavy atom. The smallest absolute Gasteiger partial charge is 0.247 e. The Labute approximate surface area is 179 Å². The molecule has 3 aromatic rings. The first-order valence-electron chi connectivity index (χ1n) is 10.1. The van der Waals surface area contributed by atoms with Gasteiger partial charge in [-0.05, 0) is 49.2 Å². The fourth-order valence-corrected chi connectivity index (χ4v) is 3.55. The average Bonchev–Trinajstić information content (AvgIpc) is 3.46. The Balaban J connectivity index is 1.29. The maximum Gasteiger partial charge on any atom is 0.247 e. The van der Waals surface area contributed by atoms with Crippen molar-refractivity contribution in [3.63, 3.8) is 0 Å². The Hall–Kier alpha value is -3.68. The number of rotatable bonds is 5. The monoisotopic (exact) mass is 421 g/mol. The molecule has 8 nitrogen and oxygen atoms in total. The summed E-state index contributed by atoms with van der Waals surface area (Å²) < 4.78 is 23.6. The molecule has 2 aliphatic rings. The maximum absolute atomic E-state index is 12.9. The minimum atomic E-state index is -0.873. The normalized spacial score (nSPS) is 14.4. The summed E-state index contributed by atoms with van der Waals surface area (Å²) in [4.78, 5) is 12.9. The molecule has 0 atom stereocenters. The van der Waals surface area contributed by atoms with Crippen LogP contribution in [0.5, 0.6) is 23.0 Å². The van der Waals surface area contributed by atoms with E-state index in [0.29, 0.717) is 25.5 Å². The van der Waals surface area contributed by atoms with Gasteiger partial charge in [-0.2, -0.15) is 5.10 Å². The summed E-state index contributed by atoms with van der Waals surface area (Å²) >= 11 is 0. The summed E-state index contributed by atoms with van der Waals surface area (Å²) in [7, 11) is 0. The Bertz CT molecular complexity index is 1140. The molecule has 0 radical (unpaired) electrons. The van der Waals surface area contributed by atoms with E-state index in [1.165, 1.54) is 0 Å². The highest BCUT2D eigenvalue weighted by atomic mass is 16.7. The second kappa shape index (κ2) is 7.54. The van der Waals surface area contributed by atoms with Crippen LogP contribution in [0.3, 0.4) is 0 Å². The van der Waals surface area contributed by atoms with Gasteiger partial charge in [0.2, 0.25) is 12.7 Å². The average molecular weight is 421 g/mol. The first kappa shape index (κ1) is 19.3. The number of carbonyl (C=O) groups is 1. The molecule has 0 unspecified atom stereocenters. The third kappa shape index (κ3) is 3.65. The first-order valence-corrected chi connectivity index (χ1v) is 10.1. The van der Waals surface area contributed by atoms with Gasteiger partial charge in [0.05, 0.1) is 6.20 Å². The quantitative estimate of drug-likeness (QED) is 0.682. The number of amides is 1. The molecule has 0 fully saturated rings. The van der Waals surface area contributed by atoms with E-state index >= 15 is 0 Å². The molecule has 2 aliphatic heterocycles. The Kier molecular flexibility index (Phi) is 4.69. The molecular weight excluding hydrogens is 398 g/mol. The highest BCUT2D eigenvalue weighted by molar-refractivity contribution is 5.83. The number of hydrogen-bond acceptors (Lipinski definition) is 6. The van der Waals surface area contributed by atoms with E-state index in [-0.39, 0.29) is 12.7 Å². The molecular formula is C23H23N3O5. The lowest BCUT2D eigenvalue weighted by Gasteiger charge is -2.24. The van der Waals surface area contributed by atoms with Crippen LogP contribution in [0, 0.1) is 0 Å². The lowest BCUT2D eigenvalue weighted by Crippen LogP contribution is -2.44. The van der Waals surface area contributed by atoms with Gasteiger partial charge in [-0.25, -0.2) is 0 Å². The van der Waals surface area contributed by atoms with Gasteiger partial charge in [0, 0.05) is 18.3 Å². The van der Waals surface area contributed by atoms with E-state index < -0.39 is 5.54 Å². The molecule has 3 heterocycles. The second-order valence-electron chi connectivity index (χ2n) is 7.96. The van der Waals surface area contributed by atoms with Crippen LogP contribution in [-0.2, 0) is 16.9 Å². The van der Waals surface area contributed by atoms with Crippen molar-refractivity contribution in [2.75, 3.05) is 20.0 Å². The first-order chi connectivity index (χ1) is 15.0. The van der Waals surface area contributed by atoms with Crippen LogP contribution in [0.2, 0.25) is 0 Å². The molecule has 5 rings (SSSR count). The molecule has 8 heteroatoms. The summed E-state index contributed by atoms with van der Waals surface area (Å²) in [5, 5.41) is 7.43. The van der Waals surface area contributed by atoms with Crippen molar-refractivity contribution in [2.24, 2.45) is 0 Å². The van der Waals surface area contributed by atoms with Crippen LogP contribution in [-0.4, -0.2) is 35.7 Å². The molecule has 160 valence electrons. The van der Waals surface area contributed by atoms with Gasteiger partial charge >= 0.3 is 0 Å². The molecule has 0 spiro atoms. The van der Waals surface area contributed by atoms with E-state index in [2.05, 4.69) is 10.4 Å². The van der Waals surface area contributed by atoms with Crippen LogP contribution < -0.4 is 24.3 Å². The summed E-state index contributed by atoms with van der Waals surface area (Å²) in [6.07, 6.45) is 3.61.